The zero-order chi connectivity index (χ0) is 43.6. The van der Waals surface area contributed by atoms with E-state index in [0.717, 1.165) is 83.5 Å². The lowest BCUT2D eigenvalue weighted by Gasteiger charge is -2.41. The molecule has 6 N–H and O–H groups in total. The number of unbranched alkanes of at least 4 members (excludes halogenated alkanes) is 16. The number of esters is 2. The topological polar surface area (TPSA) is 210 Å². The van der Waals surface area contributed by atoms with Gasteiger partial charge in [0.25, 0.3) is 0 Å². The van der Waals surface area contributed by atoms with E-state index in [1.165, 1.54) is 44.9 Å². The normalized spacial score (nSPS) is 22.8. The number of aliphatic hydroxyl groups is 5. The number of hydrogen-bond donors (Lipinski definition) is 6. The smallest absolute Gasteiger partial charge is 0.462 e. The van der Waals surface area contributed by atoms with Gasteiger partial charge in [-0.15, -0.1) is 0 Å². The van der Waals surface area contributed by atoms with Gasteiger partial charge in [-0.25, -0.2) is 4.57 Å². The molecule has 0 spiro atoms. The van der Waals surface area contributed by atoms with Gasteiger partial charge in [0.2, 0.25) is 0 Å². The molecule has 1 aliphatic rings. The van der Waals surface area contributed by atoms with E-state index in [1.807, 2.05) is 0 Å². The van der Waals surface area contributed by atoms with Gasteiger partial charge in [0.15, 0.2) is 6.10 Å². The van der Waals surface area contributed by atoms with Crippen molar-refractivity contribution in [2.75, 3.05) is 13.2 Å². The number of rotatable bonds is 36. The number of phosphoric acid groups is 1. The fourth-order valence-electron chi connectivity index (χ4n) is 6.53. The molecule has 1 aliphatic carbocycles. The first-order chi connectivity index (χ1) is 28.4. The SMILES string of the molecule is CCC=CCC=CCC=CCCCCCCCC(=O)O[C@H](COC(=O)CCCCCCCCCC=CCCCCCC)COP(=O)(O)OC1C(O)C(O)C(O)[C@@H](O)C1O. The Balaban J connectivity index is 2.49. The minimum absolute atomic E-state index is 0.0752. The van der Waals surface area contributed by atoms with Crippen LogP contribution in [0.1, 0.15) is 168 Å². The zero-order valence-corrected chi connectivity index (χ0v) is 36.9. The molecule has 1 rings (SSSR count). The van der Waals surface area contributed by atoms with Crippen LogP contribution in [0, 0.1) is 0 Å². The predicted octanol–water partition coefficient (Wildman–Crippen LogP) is 8.39. The zero-order valence-electron chi connectivity index (χ0n) is 36.0. The van der Waals surface area contributed by atoms with Gasteiger partial charge in [0, 0.05) is 12.8 Å². The van der Waals surface area contributed by atoms with E-state index in [1.54, 1.807) is 0 Å². The summed E-state index contributed by atoms with van der Waals surface area (Å²) in [6, 6.07) is 0. The molecule has 0 saturated heterocycles. The average Bonchev–Trinajstić information content (AvgIpc) is 3.21. The minimum Gasteiger partial charge on any atom is -0.462 e. The fraction of sp³-hybridized carbons (Fsp3) is 0.778. The lowest BCUT2D eigenvalue weighted by Crippen LogP contribution is -2.64. The van der Waals surface area contributed by atoms with Crippen LogP contribution in [-0.2, 0) is 32.7 Å². The summed E-state index contributed by atoms with van der Waals surface area (Å²) in [5, 5.41) is 50.1. The van der Waals surface area contributed by atoms with E-state index in [9.17, 15) is 44.6 Å². The first-order valence-corrected chi connectivity index (χ1v) is 23.9. The molecule has 59 heavy (non-hydrogen) atoms. The summed E-state index contributed by atoms with van der Waals surface area (Å²) in [4.78, 5) is 35.6. The highest BCUT2D eigenvalue weighted by Crippen LogP contribution is 2.47. The van der Waals surface area contributed by atoms with E-state index >= 15 is 0 Å². The molecule has 0 radical (unpaired) electrons. The van der Waals surface area contributed by atoms with Crippen LogP contribution in [0.15, 0.2) is 48.6 Å². The first kappa shape index (κ1) is 54.8. The number of aliphatic hydroxyl groups excluding tert-OH is 5. The van der Waals surface area contributed by atoms with Crippen LogP contribution in [0.3, 0.4) is 0 Å². The maximum atomic E-state index is 12.8. The summed E-state index contributed by atoms with van der Waals surface area (Å²) in [6.45, 7) is 3.15. The molecule has 0 aromatic heterocycles. The van der Waals surface area contributed by atoms with Crippen molar-refractivity contribution in [2.24, 2.45) is 0 Å². The number of carbonyl (C=O) groups is 2. The Kier molecular flexibility index (Phi) is 32.9. The second kappa shape index (κ2) is 35.4. The predicted molar refractivity (Wildman–Crippen MR) is 230 cm³/mol. The maximum Gasteiger partial charge on any atom is 0.472 e. The van der Waals surface area contributed by atoms with Crippen LogP contribution in [0.2, 0.25) is 0 Å². The first-order valence-electron chi connectivity index (χ1n) is 22.4. The van der Waals surface area contributed by atoms with Crippen LogP contribution in [0.4, 0.5) is 0 Å². The molecule has 14 heteroatoms. The molecule has 0 amide bonds. The number of phosphoric ester groups is 1. The van der Waals surface area contributed by atoms with Crippen LogP contribution in [-0.4, -0.2) is 98.3 Å². The third kappa shape index (κ3) is 28.1. The van der Waals surface area contributed by atoms with Crippen molar-refractivity contribution in [1.82, 2.24) is 0 Å². The second-order valence-corrected chi connectivity index (χ2v) is 16.9. The highest BCUT2D eigenvalue weighted by Gasteiger charge is 2.51. The molecule has 0 heterocycles. The fourth-order valence-corrected chi connectivity index (χ4v) is 7.50. The molecule has 8 atom stereocenters. The van der Waals surface area contributed by atoms with Crippen molar-refractivity contribution in [3.05, 3.63) is 48.6 Å². The molecule has 0 aromatic rings. The standard InChI is InChI=1S/C45H79O13P/c1-3-5-7-9-11-13-15-17-19-21-23-25-27-29-31-33-38(46)55-35-37(36-56-59(53,54)58-45-43(51)41(49)40(48)42(50)44(45)52)57-39(47)34-32-30-28-26-24-22-20-18-16-14-12-10-8-6-4-2/h6,8,12-15,18,20,37,40-45,48-52H,3-5,7,9-11,16-17,19,21-36H2,1-2H3,(H,53,54)/t37-,40?,41-,42?,43?,44?,45?/m1/s1. The Bertz CT molecular complexity index is 1220. The summed E-state index contributed by atoms with van der Waals surface area (Å²) in [7, 11) is -5.12. The van der Waals surface area contributed by atoms with Crippen LogP contribution in [0.25, 0.3) is 0 Å². The molecular formula is C45H79O13P. The summed E-state index contributed by atoms with van der Waals surface area (Å²) in [5.74, 6) is -1.13. The van der Waals surface area contributed by atoms with Gasteiger partial charge in [0.1, 0.15) is 43.2 Å². The van der Waals surface area contributed by atoms with Crippen molar-refractivity contribution >= 4 is 19.8 Å². The molecule has 0 aromatic carbocycles. The summed E-state index contributed by atoms with van der Waals surface area (Å²) >= 11 is 0. The Labute approximate surface area is 354 Å². The minimum atomic E-state index is -5.12. The maximum absolute atomic E-state index is 12.8. The number of ether oxygens (including phenoxy) is 2. The van der Waals surface area contributed by atoms with Crippen LogP contribution >= 0.6 is 7.82 Å². The van der Waals surface area contributed by atoms with Gasteiger partial charge in [-0.05, 0) is 70.6 Å². The Morgan fingerprint density at radius 1 is 0.542 bits per heavy atom. The van der Waals surface area contributed by atoms with Crippen molar-refractivity contribution in [3.8, 4) is 0 Å². The monoisotopic (exact) mass is 859 g/mol. The lowest BCUT2D eigenvalue weighted by atomic mass is 9.85. The summed E-state index contributed by atoms with van der Waals surface area (Å²) < 4.78 is 33.5. The third-order valence-electron chi connectivity index (χ3n) is 10.2. The van der Waals surface area contributed by atoms with E-state index in [0.29, 0.717) is 12.8 Å². The van der Waals surface area contributed by atoms with Crippen LogP contribution in [0.5, 0.6) is 0 Å². The summed E-state index contributed by atoms with van der Waals surface area (Å²) in [5.41, 5.74) is 0. The number of allylic oxidation sites excluding steroid dienone is 8. The second-order valence-electron chi connectivity index (χ2n) is 15.5. The average molecular weight is 859 g/mol. The Morgan fingerprint density at radius 2 is 0.966 bits per heavy atom. The van der Waals surface area contributed by atoms with Gasteiger partial charge in [-0.1, -0.05) is 133 Å². The van der Waals surface area contributed by atoms with E-state index in [4.69, 9.17) is 18.5 Å². The van der Waals surface area contributed by atoms with Gasteiger partial charge in [-0.3, -0.25) is 18.6 Å². The molecule has 6 unspecified atom stereocenters. The third-order valence-corrected chi connectivity index (χ3v) is 11.1. The highest BCUT2D eigenvalue weighted by molar-refractivity contribution is 7.47. The molecule has 0 bridgehead atoms. The van der Waals surface area contributed by atoms with E-state index in [-0.39, 0.29) is 12.8 Å². The highest BCUT2D eigenvalue weighted by atomic mass is 31.2. The van der Waals surface area contributed by atoms with E-state index < -0.39 is 75.7 Å². The summed E-state index contributed by atoms with van der Waals surface area (Å²) in [6.07, 6.45) is 27.4. The Hall–Kier alpha value is -2.19. The number of carbonyl (C=O) groups excluding carboxylic acids is 2. The molecular weight excluding hydrogens is 779 g/mol. The molecule has 342 valence electrons. The Morgan fingerprint density at radius 3 is 1.49 bits per heavy atom. The molecule has 13 nitrogen and oxygen atoms in total. The van der Waals surface area contributed by atoms with Gasteiger partial charge < -0.3 is 39.9 Å². The quantitative estimate of drug-likeness (QED) is 0.0152. The van der Waals surface area contributed by atoms with Gasteiger partial charge in [-0.2, -0.15) is 0 Å². The molecule has 1 saturated carbocycles. The lowest BCUT2D eigenvalue weighted by molar-refractivity contribution is -0.220. The van der Waals surface area contributed by atoms with E-state index in [2.05, 4.69) is 62.5 Å². The van der Waals surface area contributed by atoms with Crippen LogP contribution < -0.4 is 0 Å². The largest absolute Gasteiger partial charge is 0.472 e. The molecule has 0 aliphatic heterocycles. The molecule has 1 fully saturated rings. The van der Waals surface area contributed by atoms with Crippen molar-refractivity contribution in [1.29, 1.82) is 0 Å². The van der Waals surface area contributed by atoms with Crippen molar-refractivity contribution < 1.29 is 63.1 Å². The van der Waals surface area contributed by atoms with Gasteiger partial charge in [0.05, 0.1) is 6.61 Å². The van der Waals surface area contributed by atoms with Gasteiger partial charge >= 0.3 is 19.8 Å². The van der Waals surface area contributed by atoms with Crippen molar-refractivity contribution in [3.63, 3.8) is 0 Å². The number of hydrogen-bond acceptors (Lipinski definition) is 12. The van der Waals surface area contributed by atoms with Crippen molar-refractivity contribution in [2.45, 2.75) is 211 Å².